The van der Waals surface area contributed by atoms with Crippen LogP contribution < -0.4 is 0 Å². The van der Waals surface area contributed by atoms with E-state index in [2.05, 4.69) is 13.8 Å². The van der Waals surface area contributed by atoms with Crippen molar-refractivity contribution in [3.05, 3.63) is 0 Å². The highest BCUT2D eigenvalue weighted by Crippen LogP contribution is 2.25. The summed E-state index contributed by atoms with van der Waals surface area (Å²) in [7, 11) is 0. The van der Waals surface area contributed by atoms with Gasteiger partial charge in [-0.15, -0.1) is 0 Å². The van der Waals surface area contributed by atoms with Crippen LogP contribution in [0.5, 0.6) is 0 Å². The topological polar surface area (TPSA) is 80.7 Å². The van der Waals surface area contributed by atoms with Crippen LogP contribution in [0.2, 0.25) is 0 Å². The van der Waals surface area contributed by atoms with Gasteiger partial charge in [-0.1, -0.05) is 91.4 Å². The van der Waals surface area contributed by atoms with Gasteiger partial charge in [0.2, 0.25) is 11.2 Å². The minimum absolute atomic E-state index is 0.0244. The minimum Gasteiger partial charge on any atom is -0.616 e. The van der Waals surface area contributed by atoms with Crippen molar-refractivity contribution >= 4 is 23.0 Å². The number of hydrogen-bond acceptors (Lipinski definition) is 4. The highest BCUT2D eigenvalue weighted by Gasteiger charge is 2.46. The Bertz CT molecular complexity index is 488. The Kier molecular flexibility index (Phi) is 14.7. The zero-order valence-corrected chi connectivity index (χ0v) is 20.4. The third kappa shape index (κ3) is 10.1. The van der Waals surface area contributed by atoms with E-state index in [1.165, 1.54) is 62.7 Å². The quantitative estimate of drug-likeness (QED) is 0.184. The first-order chi connectivity index (χ1) is 14.4. The summed E-state index contributed by atoms with van der Waals surface area (Å²) >= 11 is -1.49. The largest absolute Gasteiger partial charge is 0.616 e. The normalized spacial score (nSPS) is 20.0. The van der Waals surface area contributed by atoms with Crippen LogP contribution in [0.25, 0.3) is 0 Å². The van der Waals surface area contributed by atoms with Crippen molar-refractivity contribution in [1.82, 2.24) is 4.90 Å². The minimum atomic E-state index is -1.49. The molecule has 0 spiro atoms. The highest BCUT2D eigenvalue weighted by atomic mass is 32.2. The lowest BCUT2D eigenvalue weighted by molar-refractivity contribution is -0.139. The first-order valence-electron chi connectivity index (χ1n) is 12.3. The fraction of sp³-hybridized carbons (Fsp3) is 0.917. The second kappa shape index (κ2) is 16.1. The maximum Gasteiger partial charge on any atom is 0.282 e. The van der Waals surface area contributed by atoms with E-state index in [0.29, 0.717) is 18.9 Å². The molecule has 176 valence electrons. The summed E-state index contributed by atoms with van der Waals surface area (Å²) in [5, 5.41) is 8.94. The Labute approximate surface area is 187 Å². The molecule has 4 unspecified atom stereocenters. The van der Waals surface area contributed by atoms with Gasteiger partial charge in [0.1, 0.15) is 5.75 Å². The molecule has 0 bridgehead atoms. The summed E-state index contributed by atoms with van der Waals surface area (Å²) in [5.74, 6) is -0.113. The second-order valence-electron chi connectivity index (χ2n) is 8.89. The molecular weight excluding hydrogens is 398 g/mol. The predicted molar refractivity (Wildman–Crippen MR) is 125 cm³/mol. The number of likely N-dealkylation sites (tertiary alicyclic amines) is 1. The monoisotopic (exact) mass is 443 g/mol. The van der Waals surface area contributed by atoms with E-state index >= 15 is 0 Å². The van der Waals surface area contributed by atoms with Crippen LogP contribution >= 0.6 is 0 Å². The number of carbonyl (C=O) groups is 2. The summed E-state index contributed by atoms with van der Waals surface area (Å²) < 4.78 is 12.4. The zero-order chi connectivity index (χ0) is 22.4. The molecule has 2 amide bonds. The molecule has 30 heavy (non-hydrogen) atoms. The molecule has 6 heteroatoms. The summed E-state index contributed by atoms with van der Waals surface area (Å²) in [5.41, 5.74) is 0. The van der Waals surface area contributed by atoms with Crippen molar-refractivity contribution in [3.8, 4) is 0 Å². The predicted octanol–water partition coefficient (Wildman–Crippen LogP) is 4.97. The number of hydrogen-bond donors (Lipinski definition) is 1. The number of amides is 2. The maximum absolute atomic E-state index is 12.7. The van der Waals surface area contributed by atoms with Gasteiger partial charge in [0.05, 0.1) is 12.5 Å². The molecule has 1 saturated heterocycles. The van der Waals surface area contributed by atoms with E-state index < -0.39 is 22.5 Å². The molecule has 5 nitrogen and oxygen atoms in total. The lowest BCUT2D eigenvalue weighted by Gasteiger charge is -2.22. The molecule has 1 aliphatic rings. The summed E-state index contributed by atoms with van der Waals surface area (Å²) in [6.45, 7) is 6.63. The number of rotatable bonds is 18. The fourth-order valence-electron chi connectivity index (χ4n) is 4.08. The SMILES string of the molecule is CCCCCCCCCCCCC(CC)CN1C(=O)CC([S+]([O-])CC(O)CC)C1=O. The maximum atomic E-state index is 12.7. The molecule has 1 fully saturated rings. The fourth-order valence-corrected chi connectivity index (χ4v) is 5.60. The molecule has 1 N–H and O–H groups in total. The van der Waals surface area contributed by atoms with Gasteiger partial charge < -0.3 is 9.66 Å². The molecule has 1 rings (SSSR count). The van der Waals surface area contributed by atoms with Gasteiger partial charge >= 0.3 is 0 Å². The van der Waals surface area contributed by atoms with Crippen molar-refractivity contribution < 1.29 is 19.2 Å². The third-order valence-electron chi connectivity index (χ3n) is 6.33. The van der Waals surface area contributed by atoms with Crippen LogP contribution in [0.4, 0.5) is 0 Å². The van der Waals surface area contributed by atoms with Crippen LogP contribution in [0, 0.1) is 5.92 Å². The first kappa shape index (κ1) is 27.4. The number of unbranched alkanes of at least 4 members (excludes halogenated alkanes) is 9. The molecule has 0 saturated carbocycles. The molecule has 0 aliphatic carbocycles. The van der Waals surface area contributed by atoms with E-state index in [1.54, 1.807) is 0 Å². The van der Waals surface area contributed by atoms with Crippen LogP contribution in [0.15, 0.2) is 0 Å². The Balaban J connectivity index is 2.28. The van der Waals surface area contributed by atoms with E-state index in [1.807, 2.05) is 6.92 Å². The van der Waals surface area contributed by atoms with Crippen molar-refractivity contribution in [2.24, 2.45) is 5.92 Å². The van der Waals surface area contributed by atoms with Gasteiger partial charge in [0, 0.05) is 6.54 Å². The van der Waals surface area contributed by atoms with Crippen molar-refractivity contribution in [2.75, 3.05) is 12.3 Å². The van der Waals surface area contributed by atoms with E-state index in [0.717, 1.165) is 19.3 Å². The van der Waals surface area contributed by atoms with Gasteiger partial charge in [-0.3, -0.25) is 14.5 Å². The average Bonchev–Trinajstić information content (AvgIpc) is 3.02. The second-order valence-corrected chi connectivity index (χ2v) is 10.6. The molecule has 0 aromatic heterocycles. The smallest absolute Gasteiger partial charge is 0.282 e. The molecule has 0 aromatic rings. The lowest BCUT2D eigenvalue weighted by Crippen LogP contribution is -2.39. The van der Waals surface area contributed by atoms with Gasteiger partial charge in [-0.2, -0.15) is 0 Å². The number of carbonyl (C=O) groups excluding carboxylic acids is 2. The summed E-state index contributed by atoms with van der Waals surface area (Å²) in [6.07, 6.45) is 14.8. The lowest BCUT2D eigenvalue weighted by atomic mass is 9.97. The van der Waals surface area contributed by atoms with Gasteiger partial charge in [0.25, 0.3) is 5.91 Å². The van der Waals surface area contributed by atoms with Crippen molar-refractivity contribution in [2.45, 2.75) is 122 Å². The van der Waals surface area contributed by atoms with Crippen LogP contribution in [-0.4, -0.2) is 50.0 Å². The van der Waals surface area contributed by atoms with Gasteiger partial charge in [0.15, 0.2) is 0 Å². The third-order valence-corrected chi connectivity index (χ3v) is 8.05. The molecule has 1 heterocycles. The molecule has 1 aliphatic heterocycles. The Morgan fingerprint density at radius 3 is 2.07 bits per heavy atom. The Hall–Kier alpha value is -0.590. The molecule has 0 aromatic carbocycles. The number of aliphatic hydroxyl groups is 1. The number of imide groups is 1. The van der Waals surface area contributed by atoms with Gasteiger partial charge in [-0.05, 0) is 29.9 Å². The summed E-state index contributed by atoms with van der Waals surface area (Å²) in [6, 6.07) is 0. The van der Waals surface area contributed by atoms with Crippen LogP contribution in [0.1, 0.15) is 111 Å². The van der Waals surface area contributed by atoms with Crippen LogP contribution in [-0.2, 0) is 20.8 Å². The van der Waals surface area contributed by atoms with E-state index in [4.69, 9.17) is 0 Å². The zero-order valence-electron chi connectivity index (χ0n) is 19.6. The van der Waals surface area contributed by atoms with E-state index in [-0.39, 0.29) is 24.0 Å². The molecule has 4 atom stereocenters. The van der Waals surface area contributed by atoms with Crippen molar-refractivity contribution in [1.29, 1.82) is 0 Å². The Morgan fingerprint density at radius 2 is 1.53 bits per heavy atom. The molecule has 0 radical (unpaired) electrons. The Morgan fingerprint density at radius 1 is 0.967 bits per heavy atom. The highest BCUT2D eigenvalue weighted by molar-refractivity contribution is 7.92. The first-order valence-corrected chi connectivity index (χ1v) is 13.7. The summed E-state index contributed by atoms with van der Waals surface area (Å²) in [4.78, 5) is 26.3. The number of aliphatic hydroxyl groups excluding tert-OH is 1. The standard InChI is InChI=1S/C24H45NO4S/c1-4-7-8-9-10-11-12-13-14-15-16-20(5-2)18-25-23(27)17-22(24(25)28)30(29)19-21(26)6-3/h20-22,26H,4-19H2,1-3H3. The van der Waals surface area contributed by atoms with E-state index in [9.17, 15) is 19.2 Å². The van der Waals surface area contributed by atoms with Crippen molar-refractivity contribution in [3.63, 3.8) is 0 Å². The van der Waals surface area contributed by atoms with Crippen LogP contribution in [0.3, 0.4) is 0 Å². The van der Waals surface area contributed by atoms with Gasteiger partial charge in [-0.25, -0.2) is 0 Å². The molecular formula is C24H45NO4S. The number of nitrogens with zero attached hydrogens (tertiary/aromatic N) is 1. The average molecular weight is 444 g/mol.